The first kappa shape index (κ1) is 12.4. The summed E-state index contributed by atoms with van der Waals surface area (Å²) in [5.41, 5.74) is 0.630. The number of carbonyl (C=O) groups excluding carboxylic acids is 1. The number of thiazole rings is 1. The molecule has 2 nitrogen and oxygen atoms in total. The number of aromatic nitrogens is 1. The van der Waals surface area contributed by atoms with Crippen LogP contribution < -0.4 is 0 Å². The number of unbranched alkanes of at least 4 members (excludes halogenated alkanes) is 1. The fourth-order valence-electron chi connectivity index (χ4n) is 1.59. The Balaban J connectivity index is 2.69. The van der Waals surface area contributed by atoms with Gasteiger partial charge in [0.1, 0.15) is 5.69 Å². The fraction of sp³-hybridized carbons (Fsp3) is 0.667. The minimum atomic E-state index is 0.0721. The van der Waals surface area contributed by atoms with Crippen molar-refractivity contribution in [3.8, 4) is 0 Å². The maximum Gasteiger partial charge on any atom is 0.178 e. The fourth-order valence-corrected chi connectivity index (χ4v) is 2.67. The zero-order chi connectivity index (χ0) is 11.3. The summed E-state index contributed by atoms with van der Waals surface area (Å²) in [4.78, 5) is 15.5. The molecule has 1 unspecified atom stereocenters. The molecule has 0 aliphatic heterocycles. The monoisotopic (exact) mass is 225 g/mol. The first-order valence-corrected chi connectivity index (χ1v) is 6.53. The van der Waals surface area contributed by atoms with E-state index in [0.29, 0.717) is 11.6 Å². The second kappa shape index (κ2) is 6.01. The quantitative estimate of drug-likeness (QED) is 0.684. The summed E-state index contributed by atoms with van der Waals surface area (Å²) >= 11 is 1.63. The van der Waals surface area contributed by atoms with Crippen molar-refractivity contribution in [2.24, 2.45) is 0 Å². The molecule has 1 aromatic heterocycles. The van der Waals surface area contributed by atoms with Crippen LogP contribution in [0.4, 0.5) is 0 Å². The van der Waals surface area contributed by atoms with Crippen LogP contribution in [0.25, 0.3) is 0 Å². The lowest BCUT2D eigenvalue weighted by Gasteiger charge is -2.10. The van der Waals surface area contributed by atoms with E-state index in [4.69, 9.17) is 0 Å². The standard InChI is InChI=1S/C12H19NOS/c1-4-6-7-10(5-2)12-13-11(8-15-12)9(3)14/h8,10H,4-7H2,1-3H3. The van der Waals surface area contributed by atoms with E-state index in [0.717, 1.165) is 11.4 Å². The highest BCUT2D eigenvalue weighted by Crippen LogP contribution is 2.28. The highest BCUT2D eigenvalue weighted by atomic mass is 32.1. The molecule has 0 aliphatic carbocycles. The molecule has 0 N–H and O–H groups in total. The van der Waals surface area contributed by atoms with E-state index in [1.807, 2.05) is 5.38 Å². The third kappa shape index (κ3) is 3.42. The Morgan fingerprint density at radius 2 is 2.27 bits per heavy atom. The Morgan fingerprint density at radius 1 is 1.53 bits per heavy atom. The summed E-state index contributed by atoms with van der Waals surface area (Å²) < 4.78 is 0. The molecule has 0 radical (unpaired) electrons. The van der Waals surface area contributed by atoms with E-state index >= 15 is 0 Å². The molecule has 3 heteroatoms. The number of Topliss-reactive ketones (excluding diaryl/α,β-unsaturated/α-hetero) is 1. The normalized spacial score (nSPS) is 12.7. The van der Waals surface area contributed by atoms with Crippen molar-refractivity contribution < 1.29 is 4.79 Å². The molecule has 1 heterocycles. The first-order valence-electron chi connectivity index (χ1n) is 5.65. The Kier molecular flexibility index (Phi) is 4.95. The van der Waals surface area contributed by atoms with E-state index in [2.05, 4.69) is 18.8 Å². The van der Waals surface area contributed by atoms with Gasteiger partial charge in [0.2, 0.25) is 0 Å². The molecule has 1 aromatic rings. The van der Waals surface area contributed by atoms with Crippen molar-refractivity contribution in [3.05, 3.63) is 16.1 Å². The number of nitrogens with zero attached hydrogens (tertiary/aromatic N) is 1. The maximum atomic E-state index is 11.1. The van der Waals surface area contributed by atoms with E-state index in [1.165, 1.54) is 19.3 Å². The Morgan fingerprint density at radius 3 is 2.73 bits per heavy atom. The van der Waals surface area contributed by atoms with Gasteiger partial charge in [0.25, 0.3) is 0 Å². The van der Waals surface area contributed by atoms with Gasteiger partial charge in [0.15, 0.2) is 5.78 Å². The lowest BCUT2D eigenvalue weighted by atomic mass is 10.0. The summed E-state index contributed by atoms with van der Waals surface area (Å²) in [5.74, 6) is 0.617. The van der Waals surface area contributed by atoms with Gasteiger partial charge in [-0.15, -0.1) is 11.3 Å². The molecule has 84 valence electrons. The van der Waals surface area contributed by atoms with Gasteiger partial charge >= 0.3 is 0 Å². The minimum absolute atomic E-state index is 0.0721. The molecular weight excluding hydrogens is 206 g/mol. The molecule has 1 atom stereocenters. The molecule has 0 saturated carbocycles. The zero-order valence-electron chi connectivity index (χ0n) is 9.75. The third-order valence-electron chi connectivity index (χ3n) is 2.63. The Hall–Kier alpha value is -0.700. The van der Waals surface area contributed by atoms with Crippen LogP contribution in [-0.2, 0) is 0 Å². The molecule has 0 fully saturated rings. The van der Waals surface area contributed by atoms with Crippen LogP contribution in [-0.4, -0.2) is 10.8 Å². The van der Waals surface area contributed by atoms with Gasteiger partial charge in [-0.05, 0) is 12.8 Å². The molecule has 15 heavy (non-hydrogen) atoms. The highest BCUT2D eigenvalue weighted by Gasteiger charge is 2.14. The molecule has 0 aromatic carbocycles. The van der Waals surface area contributed by atoms with Crippen molar-refractivity contribution in [2.75, 3.05) is 0 Å². The molecular formula is C12H19NOS. The molecule has 0 aliphatic rings. The maximum absolute atomic E-state index is 11.1. The summed E-state index contributed by atoms with van der Waals surface area (Å²) in [6, 6.07) is 0. The molecule has 0 spiro atoms. The van der Waals surface area contributed by atoms with Crippen LogP contribution >= 0.6 is 11.3 Å². The number of hydrogen-bond acceptors (Lipinski definition) is 3. The second-order valence-corrected chi connectivity index (χ2v) is 4.76. The molecule has 1 rings (SSSR count). The molecule has 0 bridgehead atoms. The Bertz CT molecular complexity index is 319. The highest BCUT2D eigenvalue weighted by molar-refractivity contribution is 7.09. The van der Waals surface area contributed by atoms with Crippen molar-refractivity contribution in [2.45, 2.75) is 52.4 Å². The lowest BCUT2D eigenvalue weighted by molar-refractivity contribution is 0.101. The average Bonchev–Trinajstić information content (AvgIpc) is 2.68. The first-order chi connectivity index (χ1) is 7.19. The van der Waals surface area contributed by atoms with E-state index in [9.17, 15) is 4.79 Å². The van der Waals surface area contributed by atoms with Crippen LogP contribution in [0, 0.1) is 0 Å². The van der Waals surface area contributed by atoms with Crippen molar-refractivity contribution in [1.29, 1.82) is 0 Å². The van der Waals surface area contributed by atoms with Crippen molar-refractivity contribution in [3.63, 3.8) is 0 Å². The van der Waals surface area contributed by atoms with Gasteiger partial charge in [0, 0.05) is 18.2 Å². The summed E-state index contributed by atoms with van der Waals surface area (Å²) in [6.45, 7) is 5.97. The number of carbonyl (C=O) groups is 1. The largest absolute Gasteiger partial charge is 0.293 e. The summed E-state index contributed by atoms with van der Waals surface area (Å²) in [7, 11) is 0. The van der Waals surface area contributed by atoms with Crippen LogP contribution in [0.3, 0.4) is 0 Å². The van der Waals surface area contributed by atoms with Gasteiger partial charge in [0.05, 0.1) is 5.01 Å². The van der Waals surface area contributed by atoms with E-state index < -0.39 is 0 Å². The minimum Gasteiger partial charge on any atom is -0.293 e. The van der Waals surface area contributed by atoms with Gasteiger partial charge in [-0.1, -0.05) is 26.7 Å². The van der Waals surface area contributed by atoms with Gasteiger partial charge in [-0.25, -0.2) is 4.98 Å². The topological polar surface area (TPSA) is 30.0 Å². The van der Waals surface area contributed by atoms with Gasteiger partial charge < -0.3 is 0 Å². The molecule has 0 amide bonds. The lowest BCUT2D eigenvalue weighted by Crippen LogP contribution is -1.99. The van der Waals surface area contributed by atoms with Gasteiger partial charge in [-0.2, -0.15) is 0 Å². The van der Waals surface area contributed by atoms with E-state index in [1.54, 1.807) is 18.3 Å². The summed E-state index contributed by atoms with van der Waals surface area (Å²) in [6.07, 6.45) is 4.78. The molecule has 0 saturated heterocycles. The van der Waals surface area contributed by atoms with Gasteiger partial charge in [-0.3, -0.25) is 4.79 Å². The predicted molar refractivity (Wildman–Crippen MR) is 64.7 cm³/mol. The number of rotatable bonds is 6. The zero-order valence-corrected chi connectivity index (χ0v) is 10.6. The third-order valence-corrected chi connectivity index (χ3v) is 3.64. The van der Waals surface area contributed by atoms with Crippen LogP contribution in [0.15, 0.2) is 5.38 Å². The van der Waals surface area contributed by atoms with Crippen molar-refractivity contribution >= 4 is 17.1 Å². The average molecular weight is 225 g/mol. The van der Waals surface area contributed by atoms with Crippen LogP contribution in [0.5, 0.6) is 0 Å². The number of ketones is 1. The predicted octanol–water partition coefficient (Wildman–Crippen LogP) is 4.03. The summed E-state index contributed by atoms with van der Waals surface area (Å²) in [5, 5.41) is 3.02. The number of hydrogen-bond donors (Lipinski definition) is 0. The van der Waals surface area contributed by atoms with E-state index in [-0.39, 0.29) is 5.78 Å². The van der Waals surface area contributed by atoms with Crippen molar-refractivity contribution in [1.82, 2.24) is 4.98 Å². The SMILES string of the molecule is CCCCC(CC)c1nc(C(C)=O)cs1. The Labute approximate surface area is 95.7 Å². The van der Waals surface area contributed by atoms with Crippen LogP contribution in [0.1, 0.15) is 67.9 Å². The van der Waals surface area contributed by atoms with Crippen LogP contribution in [0.2, 0.25) is 0 Å². The smallest absolute Gasteiger partial charge is 0.178 e. The second-order valence-electron chi connectivity index (χ2n) is 3.87.